The number of hydrogen-bond acceptors (Lipinski definition) is 3. The average Bonchev–Trinajstić information content (AvgIpc) is 2.33. The molecule has 7 heteroatoms. The van der Waals surface area contributed by atoms with Crippen molar-refractivity contribution in [3.8, 4) is 0 Å². The van der Waals surface area contributed by atoms with Crippen LogP contribution < -0.4 is 10.5 Å². The summed E-state index contributed by atoms with van der Waals surface area (Å²) in [5, 5.41) is 0.488. The summed E-state index contributed by atoms with van der Waals surface area (Å²) in [5.74, 6) is -0.209. The van der Waals surface area contributed by atoms with E-state index in [1.807, 2.05) is 0 Å². The van der Waals surface area contributed by atoms with Crippen LogP contribution in [0.1, 0.15) is 5.56 Å². The number of nitrogen functional groups attached to an aromatic ring is 1. The van der Waals surface area contributed by atoms with Crippen molar-refractivity contribution in [3.05, 3.63) is 58.1 Å². The third-order valence-corrected chi connectivity index (χ3v) is 4.39. The molecular formula is C13H12Cl2N2O2S. The van der Waals surface area contributed by atoms with Crippen molar-refractivity contribution in [2.75, 3.05) is 10.5 Å². The van der Waals surface area contributed by atoms with E-state index in [0.717, 1.165) is 0 Å². The molecule has 0 aliphatic rings. The third kappa shape index (κ3) is 3.79. The fourth-order valence-corrected chi connectivity index (χ4v) is 3.51. The number of para-hydroxylation sites is 1. The van der Waals surface area contributed by atoms with Gasteiger partial charge in [-0.1, -0.05) is 41.4 Å². The largest absolute Gasteiger partial charge is 0.399 e. The maximum absolute atomic E-state index is 12.1. The number of nitrogens with two attached hydrogens (primary N) is 1. The summed E-state index contributed by atoms with van der Waals surface area (Å²) in [6.07, 6.45) is 0. The normalized spacial score (nSPS) is 11.3. The molecule has 0 atom stereocenters. The Bertz CT molecular complexity index is 713. The minimum absolute atomic E-state index is 0.180. The maximum Gasteiger partial charge on any atom is 0.237 e. The number of anilines is 2. The van der Waals surface area contributed by atoms with Gasteiger partial charge in [0.25, 0.3) is 0 Å². The molecule has 0 radical (unpaired) electrons. The Hall–Kier alpha value is -1.43. The van der Waals surface area contributed by atoms with E-state index in [0.29, 0.717) is 11.3 Å². The second-order valence-corrected chi connectivity index (χ2v) is 6.74. The molecule has 2 aromatic rings. The van der Waals surface area contributed by atoms with Crippen molar-refractivity contribution in [1.29, 1.82) is 0 Å². The van der Waals surface area contributed by atoms with Crippen LogP contribution in [0.4, 0.5) is 11.4 Å². The van der Waals surface area contributed by atoms with Crippen molar-refractivity contribution in [1.82, 2.24) is 0 Å². The lowest BCUT2D eigenvalue weighted by Gasteiger charge is -2.11. The first-order valence-corrected chi connectivity index (χ1v) is 8.07. The van der Waals surface area contributed by atoms with E-state index in [1.165, 1.54) is 0 Å². The lowest BCUT2D eigenvalue weighted by atomic mass is 10.2. The summed E-state index contributed by atoms with van der Waals surface area (Å²) in [5.41, 5.74) is 6.89. The van der Waals surface area contributed by atoms with Crippen LogP contribution in [0.5, 0.6) is 0 Å². The molecule has 2 aromatic carbocycles. The number of halogens is 2. The minimum atomic E-state index is -3.62. The molecule has 106 valence electrons. The van der Waals surface area contributed by atoms with E-state index in [9.17, 15) is 8.42 Å². The molecule has 0 aliphatic carbocycles. The predicted molar refractivity (Wildman–Crippen MR) is 83.6 cm³/mol. The first-order valence-electron chi connectivity index (χ1n) is 5.66. The molecular weight excluding hydrogens is 319 g/mol. The summed E-state index contributed by atoms with van der Waals surface area (Å²) in [6, 6.07) is 11.4. The van der Waals surface area contributed by atoms with Crippen molar-refractivity contribution >= 4 is 44.6 Å². The fourth-order valence-electron chi connectivity index (χ4n) is 1.69. The Labute approximate surface area is 127 Å². The number of rotatable bonds is 4. The lowest BCUT2D eigenvalue weighted by Crippen LogP contribution is -2.15. The molecule has 0 amide bonds. The van der Waals surface area contributed by atoms with Gasteiger partial charge in [0.2, 0.25) is 10.0 Å². The van der Waals surface area contributed by atoms with Gasteiger partial charge in [-0.3, -0.25) is 4.72 Å². The van der Waals surface area contributed by atoms with Crippen molar-refractivity contribution in [2.24, 2.45) is 0 Å². The van der Waals surface area contributed by atoms with Gasteiger partial charge in [-0.25, -0.2) is 8.42 Å². The highest BCUT2D eigenvalue weighted by Crippen LogP contribution is 2.31. The molecule has 0 aliphatic heterocycles. The first kappa shape index (κ1) is 15.0. The average molecular weight is 331 g/mol. The molecule has 0 spiro atoms. The Morgan fingerprint density at radius 3 is 2.25 bits per heavy atom. The van der Waals surface area contributed by atoms with Gasteiger partial charge in [0.1, 0.15) is 0 Å². The van der Waals surface area contributed by atoms with Crippen LogP contribution in [0.3, 0.4) is 0 Å². The van der Waals surface area contributed by atoms with Crippen LogP contribution in [0.25, 0.3) is 0 Å². The van der Waals surface area contributed by atoms with E-state index >= 15 is 0 Å². The topological polar surface area (TPSA) is 72.2 Å². The van der Waals surface area contributed by atoms with Gasteiger partial charge < -0.3 is 5.73 Å². The molecule has 0 fully saturated rings. The van der Waals surface area contributed by atoms with Gasteiger partial charge in [-0.2, -0.15) is 0 Å². The van der Waals surface area contributed by atoms with Crippen molar-refractivity contribution < 1.29 is 8.42 Å². The predicted octanol–water partition coefficient (Wildman–Crippen LogP) is 3.52. The van der Waals surface area contributed by atoms with Crippen molar-refractivity contribution in [2.45, 2.75) is 5.75 Å². The molecule has 0 heterocycles. The SMILES string of the molecule is Nc1cccc(CS(=O)(=O)Nc2c(Cl)cccc2Cl)c1. The number of benzene rings is 2. The summed E-state index contributed by atoms with van der Waals surface area (Å²) < 4.78 is 26.6. The molecule has 0 unspecified atom stereocenters. The molecule has 20 heavy (non-hydrogen) atoms. The molecule has 2 rings (SSSR count). The lowest BCUT2D eigenvalue weighted by molar-refractivity contribution is 0.600. The zero-order chi connectivity index (χ0) is 14.8. The molecule has 0 saturated carbocycles. The van der Waals surface area contributed by atoms with E-state index < -0.39 is 10.0 Å². The van der Waals surface area contributed by atoms with E-state index in [4.69, 9.17) is 28.9 Å². The van der Waals surface area contributed by atoms with Gasteiger partial charge in [0.05, 0.1) is 21.5 Å². The monoisotopic (exact) mass is 330 g/mol. The van der Waals surface area contributed by atoms with Crippen LogP contribution in [0.2, 0.25) is 10.0 Å². The summed E-state index contributed by atoms with van der Waals surface area (Å²) in [6.45, 7) is 0. The van der Waals surface area contributed by atoms with Gasteiger partial charge in [0, 0.05) is 5.69 Å². The number of sulfonamides is 1. The summed E-state index contributed by atoms with van der Waals surface area (Å²) in [7, 11) is -3.62. The van der Waals surface area contributed by atoms with Crippen LogP contribution in [0.15, 0.2) is 42.5 Å². The molecule has 0 aromatic heterocycles. The smallest absolute Gasteiger partial charge is 0.237 e. The van der Waals surface area contributed by atoms with Gasteiger partial charge in [-0.15, -0.1) is 0 Å². The van der Waals surface area contributed by atoms with E-state index in [-0.39, 0.29) is 21.5 Å². The highest BCUT2D eigenvalue weighted by Gasteiger charge is 2.15. The standard InChI is InChI=1S/C13H12Cl2N2O2S/c14-11-5-2-6-12(15)13(11)17-20(18,19)8-9-3-1-4-10(16)7-9/h1-7,17H,8,16H2. The van der Waals surface area contributed by atoms with Crippen molar-refractivity contribution in [3.63, 3.8) is 0 Å². The maximum atomic E-state index is 12.1. The Kier molecular flexibility index (Phi) is 4.42. The highest BCUT2D eigenvalue weighted by atomic mass is 35.5. The molecule has 0 bridgehead atoms. The zero-order valence-corrected chi connectivity index (χ0v) is 12.6. The van der Waals surface area contributed by atoms with Gasteiger partial charge >= 0.3 is 0 Å². The van der Waals surface area contributed by atoms with Gasteiger partial charge in [-0.05, 0) is 29.8 Å². The van der Waals surface area contributed by atoms with Gasteiger partial charge in [0.15, 0.2) is 0 Å². The van der Waals surface area contributed by atoms with Crippen LogP contribution in [0, 0.1) is 0 Å². The minimum Gasteiger partial charge on any atom is -0.399 e. The number of hydrogen-bond donors (Lipinski definition) is 2. The highest BCUT2D eigenvalue weighted by molar-refractivity contribution is 7.91. The van der Waals surface area contributed by atoms with E-state index in [1.54, 1.807) is 42.5 Å². The first-order chi connectivity index (χ1) is 9.37. The summed E-state index contributed by atoms with van der Waals surface area (Å²) in [4.78, 5) is 0. The number of nitrogens with one attached hydrogen (secondary N) is 1. The zero-order valence-electron chi connectivity index (χ0n) is 10.3. The fraction of sp³-hybridized carbons (Fsp3) is 0.0769. The van der Waals surface area contributed by atoms with Crippen LogP contribution in [-0.2, 0) is 15.8 Å². The molecule has 3 N–H and O–H groups in total. The molecule has 0 saturated heterocycles. The second kappa shape index (κ2) is 5.91. The Morgan fingerprint density at radius 2 is 1.65 bits per heavy atom. The molecule has 4 nitrogen and oxygen atoms in total. The summed E-state index contributed by atoms with van der Waals surface area (Å²) >= 11 is 11.9. The third-order valence-electron chi connectivity index (χ3n) is 2.53. The second-order valence-electron chi connectivity index (χ2n) is 4.20. The Balaban J connectivity index is 2.24. The Morgan fingerprint density at radius 1 is 1.05 bits per heavy atom. The van der Waals surface area contributed by atoms with E-state index in [2.05, 4.69) is 4.72 Å². The van der Waals surface area contributed by atoms with Crippen LogP contribution >= 0.6 is 23.2 Å². The quantitative estimate of drug-likeness (QED) is 0.842. The van der Waals surface area contributed by atoms with Crippen LogP contribution in [-0.4, -0.2) is 8.42 Å².